The van der Waals surface area contributed by atoms with Crippen molar-refractivity contribution < 1.29 is 9.53 Å². The summed E-state index contributed by atoms with van der Waals surface area (Å²) < 4.78 is 5.20. The summed E-state index contributed by atoms with van der Waals surface area (Å²) in [7, 11) is 1.64. The highest BCUT2D eigenvalue weighted by atomic mass is 16.5. The lowest BCUT2D eigenvalue weighted by Gasteiger charge is -2.42. The summed E-state index contributed by atoms with van der Waals surface area (Å²) in [6.07, 6.45) is 3.93. The Bertz CT molecular complexity index is 662. The van der Waals surface area contributed by atoms with Crippen LogP contribution in [-0.2, 0) is 16.6 Å². The van der Waals surface area contributed by atoms with Crippen LogP contribution in [-0.4, -0.2) is 19.6 Å². The van der Waals surface area contributed by atoms with Crippen molar-refractivity contribution in [1.29, 1.82) is 0 Å². The van der Waals surface area contributed by atoms with E-state index in [0.29, 0.717) is 6.42 Å². The molecule has 0 aromatic heterocycles. The molecule has 0 spiro atoms. The first-order valence-corrected chi connectivity index (χ1v) is 8.17. The van der Waals surface area contributed by atoms with Gasteiger partial charge in [-0.05, 0) is 36.1 Å². The van der Waals surface area contributed by atoms with Crippen LogP contribution in [0, 0.1) is 0 Å². The average Bonchev–Trinajstić information content (AvgIpc) is 2.55. The molecule has 23 heavy (non-hydrogen) atoms. The van der Waals surface area contributed by atoms with Gasteiger partial charge in [0, 0.05) is 12.0 Å². The summed E-state index contributed by atoms with van der Waals surface area (Å²) in [6, 6.07) is 18.2. The normalized spacial score (nSPS) is 15.5. The average molecular weight is 309 g/mol. The lowest BCUT2D eigenvalue weighted by atomic mass is 9.64. The van der Waals surface area contributed by atoms with E-state index in [1.54, 1.807) is 7.11 Å². The van der Waals surface area contributed by atoms with Crippen LogP contribution in [0.25, 0.3) is 0 Å². The molecule has 0 saturated heterocycles. The Labute approximate surface area is 137 Å². The molecule has 1 aliphatic rings. The molecular formula is C20H23NO2. The molecule has 0 heterocycles. The molecule has 3 rings (SSSR count). The first-order chi connectivity index (χ1) is 11.2. The van der Waals surface area contributed by atoms with Crippen molar-refractivity contribution in [2.75, 3.05) is 13.7 Å². The van der Waals surface area contributed by atoms with Gasteiger partial charge in [-0.1, -0.05) is 48.9 Å². The number of methoxy groups -OCH3 is 1. The van der Waals surface area contributed by atoms with E-state index in [9.17, 15) is 4.79 Å². The summed E-state index contributed by atoms with van der Waals surface area (Å²) in [4.78, 5) is 12.3. The summed E-state index contributed by atoms with van der Waals surface area (Å²) in [6.45, 7) is 0.722. The zero-order chi connectivity index (χ0) is 16.1. The predicted molar refractivity (Wildman–Crippen MR) is 91.7 cm³/mol. The van der Waals surface area contributed by atoms with Gasteiger partial charge in [0.05, 0.1) is 13.5 Å². The fraction of sp³-hybridized carbons (Fsp3) is 0.350. The van der Waals surface area contributed by atoms with E-state index in [4.69, 9.17) is 4.74 Å². The number of ether oxygens (including phenoxy) is 1. The molecule has 1 amide bonds. The molecule has 0 bridgehead atoms. The Kier molecular flexibility index (Phi) is 4.65. The lowest BCUT2D eigenvalue weighted by Crippen LogP contribution is -2.45. The molecule has 1 N–H and O–H groups in total. The molecule has 0 atom stereocenters. The highest BCUT2D eigenvalue weighted by Crippen LogP contribution is 2.43. The molecule has 0 unspecified atom stereocenters. The second-order valence-electron chi connectivity index (χ2n) is 6.30. The van der Waals surface area contributed by atoms with Gasteiger partial charge in [-0.15, -0.1) is 0 Å². The van der Waals surface area contributed by atoms with Gasteiger partial charge in [0.2, 0.25) is 5.91 Å². The van der Waals surface area contributed by atoms with Crippen LogP contribution in [0.15, 0.2) is 54.6 Å². The molecule has 3 nitrogen and oxygen atoms in total. The number of carbonyl (C=O) groups is 1. The van der Waals surface area contributed by atoms with Crippen molar-refractivity contribution in [2.45, 2.75) is 31.1 Å². The third-order valence-electron chi connectivity index (χ3n) is 4.82. The van der Waals surface area contributed by atoms with Crippen LogP contribution in [0.5, 0.6) is 5.75 Å². The molecule has 1 aliphatic carbocycles. The van der Waals surface area contributed by atoms with E-state index in [2.05, 4.69) is 29.6 Å². The van der Waals surface area contributed by atoms with Crippen molar-refractivity contribution in [1.82, 2.24) is 5.32 Å². The quantitative estimate of drug-likeness (QED) is 0.887. The number of benzene rings is 2. The van der Waals surface area contributed by atoms with Gasteiger partial charge in [0.25, 0.3) is 0 Å². The summed E-state index contributed by atoms with van der Waals surface area (Å²) in [5, 5.41) is 3.13. The van der Waals surface area contributed by atoms with Gasteiger partial charge in [0.1, 0.15) is 5.75 Å². The maximum atomic E-state index is 12.3. The molecular weight excluding hydrogens is 286 g/mol. The number of hydrogen-bond acceptors (Lipinski definition) is 2. The summed E-state index contributed by atoms with van der Waals surface area (Å²) in [5.41, 5.74) is 2.45. The third kappa shape index (κ3) is 3.55. The zero-order valence-corrected chi connectivity index (χ0v) is 13.5. The van der Waals surface area contributed by atoms with Crippen molar-refractivity contribution in [2.24, 2.45) is 0 Å². The Morgan fingerprint density at radius 1 is 1.13 bits per heavy atom. The Balaban J connectivity index is 1.60. The molecule has 1 saturated carbocycles. The first kappa shape index (κ1) is 15.6. The van der Waals surface area contributed by atoms with E-state index in [-0.39, 0.29) is 11.3 Å². The number of hydrogen-bond donors (Lipinski definition) is 1. The van der Waals surface area contributed by atoms with E-state index in [1.807, 2.05) is 30.3 Å². The second-order valence-corrected chi connectivity index (χ2v) is 6.30. The van der Waals surface area contributed by atoms with Crippen LogP contribution in [0.1, 0.15) is 30.4 Å². The third-order valence-corrected chi connectivity index (χ3v) is 4.82. The lowest BCUT2D eigenvalue weighted by molar-refractivity contribution is -0.120. The van der Waals surface area contributed by atoms with Gasteiger partial charge in [-0.25, -0.2) is 0 Å². The minimum atomic E-state index is 0.0699. The first-order valence-electron chi connectivity index (χ1n) is 8.17. The Morgan fingerprint density at radius 3 is 2.57 bits per heavy atom. The van der Waals surface area contributed by atoms with Gasteiger partial charge >= 0.3 is 0 Å². The highest BCUT2D eigenvalue weighted by molar-refractivity contribution is 5.78. The van der Waals surface area contributed by atoms with E-state index in [0.717, 1.165) is 30.7 Å². The Morgan fingerprint density at radius 2 is 1.91 bits per heavy atom. The van der Waals surface area contributed by atoms with Gasteiger partial charge in [-0.2, -0.15) is 0 Å². The molecule has 1 fully saturated rings. The van der Waals surface area contributed by atoms with Crippen molar-refractivity contribution in [3.05, 3.63) is 65.7 Å². The van der Waals surface area contributed by atoms with Crippen molar-refractivity contribution >= 4 is 5.91 Å². The topological polar surface area (TPSA) is 38.3 Å². The predicted octanol–water partition coefficient (Wildman–Crippen LogP) is 3.48. The highest BCUT2D eigenvalue weighted by Gasteiger charge is 2.38. The van der Waals surface area contributed by atoms with Crippen LogP contribution in [0.2, 0.25) is 0 Å². The Hall–Kier alpha value is -2.29. The standard InChI is InChI=1S/C20H23NO2/c1-23-18-10-5-7-16(13-18)14-19(22)21-15-20(11-6-12-20)17-8-3-2-4-9-17/h2-5,7-10,13H,6,11-12,14-15H2,1H3,(H,21,22). The van der Waals surface area contributed by atoms with Crippen molar-refractivity contribution in [3.8, 4) is 5.75 Å². The molecule has 0 radical (unpaired) electrons. The summed E-state index contributed by atoms with van der Waals surface area (Å²) >= 11 is 0. The minimum Gasteiger partial charge on any atom is -0.497 e. The van der Waals surface area contributed by atoms with Crippen LogP contribution >= 0.6 is 0 Å². The van der Waals surface area contributed by atoms with Gasteiger partial charge in [-0.3, -0.25) is 4.79 Å². The second kappa shape index (κ2) is 6.86. The van der Waals surface area contributed by atoms with Crippen LogP contribution in [0.4, 0.5) is 0 Å². The van der Waals surface area contributed by atoms with Gasteiger partial charge in [0.15, 0.2) is 0 Å². The molecule has 3 heteroatoms. The largest absolute Gasteiger partial charge is 0.497 e. The molecule has 120 valence electrons. The smallest absolute Gasteiger partial charge is 0.224 e. The van der Waals surface area contributed by atoms with Gasteiger partial charge < -0.3 is 10.1 Å². The van der Waals surface area contributed by atoms with E-state index in [1.165, 1.54) is 12.0 Å². The fourth-order valence-electron chi connectivity index (χ4n) is 3.26. The number of nitrogens with one attached hydrogen (secondary N) is 1. The van der Waals surface area contributed by atoms with E-state index >= 15 is 0 Å². The van der Waals surface area contributed by atoms with E-state index < -0.39 is 0 Å². The fourth-order valence-corrected chi connectivity index (χ4v) is 3.26. The SMILES string of the molecule is COc1cccc(CC(=O)NCC2(c3ccccc3)CCC2)c1. The van der Waals surface area contributed by atoms with Crippen LogP contribution < -0.4 is 10.1 Å². The number of amides is 1. The number of rotatable bonds is 6. The van der Waals surface area contributed by atoms with Crippen LogP contribution in [0.3, 0.4) is 0 Å². The molecule has 0 aliphatic heterocycles. The monoisotopic (exact) mass is 309 g/mol. The summed E-state index contributed by atoms with van der Waals surface area (Å²) in [5.74, 6) is 0.857. The van der Waals surface area contributed by atoms with Crippen molar-refractivity contribution in [3.63, 3.8) is 0 Å². The minimum absolute atomic E-state index is 0.0699. The maximum absolute atomic E-state index is 12.3. The zero-order valence-electron chi connectivity index (χ0n) is 13.5. The molecule has 2 aromatic carbocycles. The molecule has 2 aromatic rings. The number of carbonyl (C=O) groups excluding carboxylic acids is 1. The maximum Gasteiger partial charge on any atom is 0.224 e.